The van der Waals surface area contributed by atoms with Crippen LogP contribution >= 0.6 is 0 Å². The van der Waals surface area contributed by atoms with E-state index < -0.39 is 10.0 Å². The summed E-state index contributed by atoms with van der Waals surface area (Å²) in [6, 6.07) is 10.8. The lowest BCUT2D eigenvalue weighted by Crippen LogP contribution is -2.60. The van der Waals surface area contributed by atoms with Gasteiger partial charge in [-0.05, 0) is 31.2 Å². The Hall–Kier alpha value is -3.05. The fourth-order valence-corrected chi connectivity index (χ4v) is 4.82. The van der Waals surface area contributed by atoms with Crippen molar-refractivity contribution >= 4 is 32.5 Å². The van der Waals surface area contributed by atoms with Gasteiger partial charge < -0.3 is 9.42 Å². The average Bonchev–Trinajstić information content (AvgIpc) is 3.24. The van der Waals surface area contributed by atoms with Crippen LogP contribution in [0.2, 0.25) is 0 Å². The molecule has 0 atom stereocenters. The zero-order valence-corrected chi connectivity index (χ0v) is 16.7. The van der Waals surface area contributed by atoms with Gasteiger partial charge in [-0.25, -0.2) is 8.42 Å². The number of nitrogens with zero attached hydrogens (tertiary/aromatic N) is 7. The average molecular weight is 413 g/mol. The van der Waals surface area contributed by atoms with Crippen LogP contribution in [0.5, 0.6) is 0 Å². The van der Waals surface area contributed by atoms with Crippen LogP contribution in [0.1, 0.15) is 11.5 Å². The first kappa shape index (κ1) is 18.0. The molecule has 1 aliphatic rings. The summed E-state index contributed by atoms with van der Waals surface area (Å²) in [5, 5.41) is 17.2. The van der Waals surface area contributed by atoms with Crippen molar-refractivity contribution in [2.75, 3.05) is 25.0 Å². The molecule has 0 unspecified atom stereocenters. The van der Waals surface area contributed by atoms with E-state index in [9.17, 15) is 8.42 Å². The lowest BCUT2D eigenvalue weighted by molar-refractivity contribution is 0.308. The molecule has 1 fully saturated rings. The monoisotopic (exact) mass is 413 g/mol. The van der Waals surface area contributed by atoms with Gasteiger partial charge in [-0.2, -0.15) is 8.82 Å². The van der Waals surface area contributed by atoms with Crippen molar-refractivity contribution in [3.8, 4) is 0 Å². The SMILES string of the molecule is Cc1nnc2ccc(N3CC(N(C)S(=O)(=O)Cc4noc5ccccc45)C3)nn12. The van der Waals surface area contributed by atoms with Crippen LogP contribution in [0.3, 0.4) is 0 Å². The summed E-state index contributed by atoms with van der Waals surface area (Å²) in [5.41, 5.74) is 1.70. The second-order valence-electron chi connectivity index (χ2n) is 7.17. The van der Waals surface area contributed by atoms with Crippen molar-refractivity contribution in [2.24, 2.45) is 0 Å². The van der Waals surface area contributed by atoms with E-state index in [-0.39, 0.29) is 11.8 Å². The van der Waals surface area contributed by atoms with E-state index in [0.717, 1.165) is 11.2 Å². The quantitative estimate of drug-likeness (QED) is 0.480. The lowest BCUT2D eigenvalue weighted by Gasteiger charge is -2.43. The molecule has 11 heteroatoms. The number of aryl methyl sites for hydroxylation is 1. The number of sulfonamides is 1. The summed E-state index contributed by atoms with van der Waals surface area (Å²) in [5.74, 6) is 1.28. The minimum atomic E-state index is -3.53. The molecule has 0 bridgehead atoms. The van der Waals surface area contributed by atoms with E-state index >= 15 is 0 Å². The smallest absolute Gasteiger partial charge is 0.220 e. The molecular weight excluding hydrogens is 394 g/mol. The van der Waals surface area contributed by atoms with Gasteiger partial charge in [0.25, 0.3) is 0 Å². The molecule has 0 N–H and O–H groups in total. The fraction of sp³-hybridized carbons (Fsp3) is 0.333. The molecular formula is C18H19N7O3S. The van der Waals surface area contributed by atoms with Crippen molar-refractivity contribution in [1.29, 1.82) is 0 Å². The maximum atomic E-state index is 12.9. The maximum Gasteiger partial charge on any atom is 0.220 e. The van der Waals surface area contributed by atoms with Crippen LogP contribution in [0.4, 0.5) is 5.82 Å². The molecule has 0 spiro atoms. The summed E-state index contributed by atoms with van der Waals surface area (Å²) in [4.78, 5) is 2.03. The highest BCUT2D eigenvalue weighted by Crippen LogP contribution is 2.26. The van der Waals surface area contributed by atoms with Crippen molar-refractivity contribution in [2.45, 2.75) is 18.7 Å². The number of benzene rings is 1. The highest BCUT2D eigenvalue weighted by atomic mass is 32.2. The molecule has 29 heavy (non-hydrogen) atoms. The second-order valence-corrected chi connectivity index (χ2v) is 9.19. The van der Waals surface area contributed by atoms with Gasteiger partial charge in [0.15, 0.2) is 17.1 Å². The number of hydrogen-bond donors (Lipinski definition) is 0. The summed E-state index contributed by atoms with van der Waals surface area (Å²) in [6.07, 6.45) is 0. The van der Waals surface area contributed by atoms with Gasteiger partial charge in [-0.1, -0.05) is 17.3 Å². The number of fused-ring (bicyclic) bond motifs is 2. The van der Waals surface area contributed by atoms with E-state index in [4.69, 9.17) is 4.52 Å². The van der Waals surface area contributed by atoms with E-state index in [2.05, 4.69) is 20.5 Å². The molecule has 5 rings (SSSR count). The van der Waals surface area contributed by atoms with E-state index in [0.29, 0.717) is 35.8 Å². The molecule has 3 aromatic heterocycles. The maximum absolute atomic E-state index is 12.9. The Kier molecular flexibility index (Phi) is 4.03. The fourth-order valence-electron chi connectivity index (χ4n) is 3.47. The van der Waals surface area contributed by atoms with Gasteiger partial charge in [0, 0.05) is 25.5 Å². The zero-order chi connectivity index (χ0) is 20.2. The molecule has 1 aliphatic heterocycles. The van der Waals surface area contributed by atoms with Crippen LogP contribution in [0, 0.1) is 6.92 Å². The van der Waals surface area contributed by atoms with Crippen LogP contribution in [-0.2, 0) is 15.8 Å². The minimum absolute atomic E-state index is 0.127. The first-order valence-corrected chi connectivity index (χ1v) is 10.8. The molecule has 4 heterocycles. The Morgan fingerprint density at radius 3 is 2.79 bits per heavy atom. The van der Waals surface area contributed by atoms with E-state index in [1.807, 2.05) is 42.2 Å². The van der Waals surface area contributed by atoms with Gasteiger partial charge in [-0.3, -0.25) is 0 Å². The molecule has 4 aromatic rings. The number of rotatable bonds is 5. The third-order valence-electron chi connectivity index (χ3n) is 5.32. The van der Waals surface area contributed by atoms with Crippen LogP contribution in [-0.4, -0.2) is 63.9 Å². The van der Waals surface area contributed by atoms with Crippen LogP contribution in [0.15, 0.2) is 40.9 Å². The Labute approximate surface area is 166 Å². The van der Waals surface area contributed by atoms with Crippen molar-refractivity contribution in [3.63, 3.8) is 0 Å². The van der Waals surface area contributed by atoms with Crippen molar-refractivity contribution in [3.05, 3.63) is 47.9 Å². The highest BCUT2D eigenvalue weighted by Gasteiger charge is 2.37. The molecule has 0 saturated carbocycles. The van der Waals surface area contributed by atoms with E-state index in [1.54, 1.807) is 17.6 Å². The van der Waals surface area contributed by atoms with Gasteiger partial charge in [-0.15, -0.1) is 15.3 Å². The Balaban J connectivity index is 1.29. The van der Waals surface area contributed by atoms with Gasteiger partial charge in [0.1, 0.15) is 17.3 Å². The number of anilines is 1. The summed E-state index contributed by atoms with van der Waals surface area (Å²) in [7, 11) is -1.92. The third kappa shape index (κ3) is 3.02. The number of para-hydroxylation sites is 1. The third-order valence-corrected chi connectivity index (χ3v) is 7.13. The molecule has 10 nitrogen and oxygen atoms in total. The Morgan fingerprint density at radius 2 is 1.97 bits per heavy atom. The van der Waals surface area contributed by atoms with Gasteiger partial charge in [0.2, 0.25) is 10.0 Å². The molecule has 1 saturated heterocycles. The molecule has 0 radical (unpaired) electrons. The van der Waals surface area contributed by atoms with Gasteiger partial charge >= 0.3 is 0 Å². The molecule has 1 aromatic carbocycles. The van der Waals surface area contributed by atoms with E-state index in [1.165, 1.54) is 4.31 Å². The minimum Gasteiger partial charge on any atom is -0.356 e. The zero-order valence-electron chi connectivity index (χ0n) is 15.9. The van der Waals surface area contributed by atoms with Crippen LogP contribution < -0.4 is 4.90 Å². The summed E-state index contributed by atoms with van der Waals surface area (Å²) in [6.45, 7) is 2.97. The Bertz CT molecular complexity index is 1310. The second kappa shape index (κ2) is 6.49. The predicted octanol–water partition coefficient (Wildman–Crippen LogP) is 1.22. The standard InChI is InChI=1S/C18H19N7O3S/c1-12-19-20-17-7-8-18(21-25(12)17)24-9-13(10-24)23(2)29(26,27)11-15-14-5-3-4-6-16(14)28-22-15/h3-8,13H,9-11H2,1-2H3. The highest BCUT2D eigenvalue weighted by molar-refractivity contribution is 7.88. The summed E-state index contributed by atoms with van der Waals surface area (Å²) >= 11 is 0. The number of hydrogen-bond acceptors (Lipinski definition) is 8. The number of likely N-dealkylation sites (N-methyl/N-ethyl adjacent to an activating group) is 1. The summed E-state index contributed by atoms with van der Waals surface area (Å²) < 4.78 is 34.1. The first-order valence-electron chi connectivity index (χ1n) is 9.15. The van der Waals surface area contributed by atoms with Crippen molar-refractivity contribution in [1.82, 2.24) is 29.3 Å². The molecule has 0 aliphatic carbocycles. The topological polar surface area (TPSA) is 110 Å². The van der Waals surface area contributed by atoms with Crippen molar-refractivity contribution < 1.29 is 12.9 Å². The van der Waals surface area contributed by atoms with Gasteiger partial charge in [0.05, 0.1) is 6.04 Å². The molecule has 150 valence electrons. The first-order chi connectivity index (χ1) is 13.9. The van der Waals surface area contributed by atoms with Crippen LogP contribution in [0.25, 0.3) is 16.6 Å². The largest absolute Gasteiger partial charge is 0.356 e. The lowest BCUT2D eigenvalue weighted by atomic mass is 10.1. The Morgan fingerprint density at radius 1 is 1.17 bits per heavy atom. The normalized spacial score (nSPS) is 15.5. The predicted molar refractivity (Wildman–Crippen MR) is 106 cm³/mol. The molecule has 0 amide bonds. The number of aromatic nitrogens is 5.